The van der Waals surface area contributed by atoms with E-state index in [1.807, 2.05) is 30.5 Å². The van der Waals surface area contributed by atoms with E-state index in [1.165, 1.54) is 22.3 Å². The molecule has 0 amide bonds. The monoisotopic (exact) mass is 615 g/mol. The zero-order valence-corrected chi connectivity index (χ0v) is 26.5. The van der Waals surface area contributed by atoms with Crippen LogP contribution in [0.15, 0.2) is 140 Å². The number of para-hydroxylation sites is 1. The molecule has 10 rings (SSSR count). The molecule has 5 aromatic carbocycles. The van der Waals surface area contributed by atoms with Crippen LogP contribution in [-0.2, 0) is 5.41 Å². The van der Waals surface area contributed by atoms with Gasteiger partial charge in [0.25, 0.3) is 0 Å². The van der Waals surface area contributed by atoms with Crippen molar-refractivity contribution >= 4 is 43.7 Å². The first kappa shape index (κ1) is 27.0. The molecule has 1 aliphatic carbocycles. The van der Waals surface area contributed by atoms with Crippen LogP contribution in [-0.4, -0.2) is 24.5 Å². The maximum atomic E-state index is 5.35. The van der Waals surface area contributed by atoms with Gasteiger partial charge in [0.1, 0.15) is 17.0 Å². The van der Waals surface area contributed by atoms with Crippen LogP contribution < -0.4 is 0 Å². The molecule has 0 radical (unpaired) electrons. The van der Waals surface area contributed by atoms with Gasteiger partial charge >= 0.3 is 0 Å². The summed E-state index contributed by atoms with van der Waals surface area (Å²) in [5.41, 5.74) is 11.7. The van der Waals surface area contributed by atoms with E-state index < -0.39 is 0 Å². The maximum Gasteiger partial charge on any atom is 0.160 e. The Balaban J connectivity index is 1.26. The molecule has 0 saturated heterocycles. The number of nitrogens with zero attached hydrogens (tertiary/aromatic N) is 5. The highest BCUT2D eigenvalue weighted by molar-refractivity contribution is 6.10. The van der Waals surface area contributed by atoms with Gasteiger partial charge < -0.3 is 0 Å². The molecule has 0 aliphatic heterocycles. The highest BCUT2D eigenvalue weighted by Crippen LogP contribution is 2.49. The number of rotatable bonds is 3. The lowest BCUT2D eigenvalue weighted by Gasteiger charge is -2.21. The molecule has 5 heteroatoms. The van der Waals surface area contributed by atoms with E-state index in [-0.39, 0.29) is 5.41 Å². The molecule has 48 heavy (non-hydrogen) atoms. The van der Waals surface area contributed by atoms with E-state index in [9.17, 15) is 0 Å². The molecule has 4 heterocycles. The van der Waals surface area contributed by atoms with Gasteiger partial charge in [-0.05, 0) is 64.7 Å². The van der Waals surface area contributed by atoms with Crippen LogP contribution in [0, 0.1) is 0 Å². The minimum atomic E-state index is -0.0639. The van der Waals surface area contributed by atoms with Gasteiger partial charge in [-0.2, -0.15) is 0 Å². The zero-order valence-electron chi connectivity index (χ0n) is 26.5. The lowest BCUT2D eigenvalue weighted by Crippen LogP contribution is -2.14. The Kier molecular flexibility index (Phi) is 5.56. The van der Waals surface area contributed by atoms with Crippen LogP contribution in [0.25, 0.3) is 83.3 Å². The van der Waals surface area contributed by atoms with Gasteiger partial charge in [0.05, 0.1) is 16.7 Å². The van der Waals surface area contributed by atoms with Crippen LogP contribution in [0.5, 0.6) is 0 Å². The number of benzene rings is 5. The van der Waals surface area contributed by atoms with Crippen molar-refractivity contribution in [3.05, 3.63) is 151 Å². The van der Waals surface area contributed by atoms with E-state index in [2.05, 4.69) is 128 Å². The van der Waals surface area contributed by atoms with Gasteiger partial charge in [0, 0.05) is 44.3 Å². The molecule has 0 fully saturated rings. The standard InChI is InChI=1S/C43H29N5/c1-43(2)34-16-8-6-13-29(34)33-25-28(19-22-35(33)43)38-32-21-18-26-20-23-37(45-39(26)40(32)47-41(46-38)27-11-4-3-5-12-27)48-36-17-9-7-14-30(36)31-15-10-24-44-42(31)48/h3-25H,1-2H3. The molecule has 226 valence electrons. The third-order valence-corrected chi connectivity index (χ3v) is 10.1. The van der Waals surface area contributed by atoms with Gasteiger partial charge in [0.2, 0.25) is 0 Å². The van der Waals surface area contributed by atoms with E-state index >= 15 is 0 Å². The minimum Gasteiger partial charge on any atom is -0.278 e. The molecule has 0 spiro atoms. The summed E-state index contributed by atoms with van der Waals surface area (Å²) in [7, 11) is 0. The molecule has 0 saturated carbocycles. The Bertz CT molecular complexity index is 2710. The van der Waals surface area contributed by atoms with Crippen LogP contribution in [0.2, 0.25) is 0 Å². The average Bonchev–Trinajstić information content (AvgIpc) is 3.60. The summed E-state index contributed by atoms with van der Waals surface area (Å²) in [6.07, 6.45) is 1.84. The fourth-order valence-corrected chi connectivity index (χ4v) is 7.72. The highest BCUT2D eigenvalue weighted by Gasteiger charge is 2.35. The topological polar surface area (TPSA) is 56.5 Å². The molecule has 4 aromatic heterocycles. The van der Waals surface area contributed by atoms with Crippen molar-refractivity contribution in [1.82, 2.24) is 24.5 Å². The Labute approximate surface area is 277 Å². The molecule has 0 unspecified atom stereocenters. The lowest BCUT2D eigenvalue weighted by atomic mass is 9.82. The second kappa shape index (κ2) is 9.90. The van der Waals surface area contributed by atoms with Gasteiger partial charge in [-0.3, -0.25) is 4.57 Å². The lowest BCUT2D eigenvalue weighted by molar-refractivity contribution is 0.660. The maximum absolute atomic E-state index is 5.35. The molecule has 0 N–H and O–H groups in total. The summed E-state index contributed by atoms with van der Waals surface area (Å²) in [5.74, 6) is 1.48. The SMILES string of the molecule is CC1(C)c2ccccc2-c2cc(-c3nc(-c4ccccc4)nc4c3ccc3ccc(-n5c6ccccc6c6cccnc65)nc34)ccc21. The first-order valence-corrected chi connectivity index (χ1v) is 16.3. The van der Waals surface area contributed by atoms with Crippen molar-refractivity contribution < 1.29 is 0 Å². The molecule has 5 nitrogen and oxygen atoms in total. The smallest absolute Gasteiger partial charge is 0.160 e. The summed E-state index contributed by atoms with van der Waals surface area (Å²) < 4.78 is 2.16. The summed E-state index contributed by atoms with van der Waals surface area (Å²) in [5, 5.41) is 4.24. The van der Waals surface area contributed by atoms with Crippen LogP contribution >= 0.6 is 0 Å². The van der Waals surface area contributed by atoms with Gasteiger partial charge in [0.15, 0.2) is 5.82 Å². The Morgan fingerprint density at radius 2 is 1.31 bits per heavy atom. The molecule has 1 aliphatic rings. The average molecular weight is 616 g/mol. The highest BCUT2D eigenvalue weighted by atomic mass is 15.1. The second-order valence-electron chi connectivity index (χ2n) is 13.1. The van der Waals surface area contributed by atoms with Crippen molar-refractivity contribution in [2.75, 3.05) is 0 Å². The summed E-state index contributed by atoms with van der Waals surface area (Å²) in [4.78, 5) is 20.7. The Hall–Kier alpha value is -6.20. The summed E-state index contributed by atoms with van der Waals surface area (Å²) in [6.45, 7) is 4.63. The molecule has 0 bridgehead atoms. The fraction of sp³-hybridized carbons (Fsp3) is 0.0698. The zero-order chi connectivity index (χ0) is 32.0. The normalized spacial score (nSPS) is 13.4. The Morgan fingerprint density at radius 3 is 2.23 bits per heavy atom. The number of hydrogen-bond donors (Lipinski definition) is 0. The van der Waals surface area contributed by atoms with Gasteiger partial charge in [-0.15, -0.1) is 0 Å². The number of pyridine rings is 2. The van der Waals surface area contributed by atoms with Crippen molar-refractivity contribution in [3.8, 4) is 39.6 Å². The second-order valence-corrected chi connectivity index (χ2v) is 13.1. The third-order valence-electron chi connectivity index (χ3n) is 10.1. The van der Waals surface area contributed by atoms with Crippen molar-refractivity contribution in [3.63, 3.8) is 0 Å². The van der Waals surface area contributed by atoms with Crippen molar-refractivity contribution in [1.29, 1.82) is 0 Å². The first-order chi connectivity index (χ1) is 23.6. The number of aromatic nitrogens is 5. The largest absolute Gasteiger partial charge is 0.278 e. The van der Waals surface area contributed by atoms with Crippen molar-refractivity contribution in [2.24, 2.45) is 0 Å². The van der Waals surface area contributed by atoms with E-state index in [0.29, 0.717) is 5.82 Å². The quantitative estimate of drug-likeness (QED) is 0.186. The van der Waals surface area contributed by atoms with E-state index in [0.717, 1.165) is 66.4 Å². The summed E-state index contributed by atoms with van der Waals surface area (Å²) in [6, 6.07) is 46.8. The van der Waals surface area contributed by atoms with Crippen molar-refractivity contribution in [2.45, 2.75) is 19.3 Å². The van der Waals surface area contributed by atoms with Crippen LogP contribution in [0.4, 0.5) is 0 Å². The van der Waals surface area contributed by atoms with Gasteiger partial charge in [-0.1, -0.05) is 105 Å². The predicted molar refractivity (Wildman–Crippen MR) is 195 cm³/mol. The van der Waals surface area contributed by atoms with Gasteiger partial charge in [-0.25, -0.2) is 19.9 Å². The molecule has 0 atom stereocenters. The minimum absolute atomic E-state index is 0.0639. The van der Waals surface area contributed by atoms with E-state index in [4.69, 9.17) is 19.9 Å². The third kappa shape index (κ3) is 3.79. The first-order valence-electron chi connectivity index (χ1n) is 16.3. The summed E-state index contributed by atoms with van der Waals surface area (Å²) >= 11 is 0. The molecular weight excluding hydrogens is 587 g/mol. The number of hydrogen-bond acceptors (Lipinski definition) is 4. The van der Waals surface area contributed by atoms with Crippen LogP contribution in [0.3, 0.4) is 0 Å². The number of fused-ring (bicyclic) bond motifs is 9. The Morgan fingerprint density at radius 1 is 0.542 bits per heavy atom. The molecular formula is C43H29N5. The van der Waals surface area contributed by atoms with E-state index in [1.54, 1.807) is 0 Å². The van der Waals surface area contributed by atoms with Crippen LogP contribution in [0.1, 0.15) is 25.0 Å². The predicted octanol–water partition coefficient (Wildman–Crippen LogP) is 10.3. The fourth-order valence-electron chi connectivity index (χ4n) is 7.72. The molecule has 9 aromatic rings.